The molecule has 1 aliphatic carbocycles. The number of hydrogen-bond acceptors (Lipinski definition) is 1. The molecule has 0 spiro atoms. The van der Waals surface area contributed by atoms with Gasteiger partial charge < -0.3 is 5.11 Å². The van der Waals surface area contributed by atoms with Gasteiger partial charge in [-0.2, -0.15) is 13.2 Å². The Hall–Kier alpha value is -1.10. The molecule has 20 heavy (non-hydrogen) atoms. The van der Waals surface area contributed by atoms with Crippen LogP contribution in [0.3, 0.4) is 0 Å². The molecular formula is C15H18F4O. The van der Waals surface area contributed by atoms with Crippen LogP contribution in [-0.2, 0) is 11.8 Å². The number of alkyl halides is 3. The van der Waals surface area contributed by atoms with Crippen LogP contribution in [0.5, 0.6) is 0 Å². The molecule has 1 N–H and O–H groups in total. The molecule has 2 rings (SSSR count). The van der Waals surface area contributed by atoms with Gasteiger partial charge in [0, 0.05) is 5.56 Å². The largest absolute Gasteiger partial charge is 0.419 e. The van der Waals surface area contributed by atoms with Gasteiger partial charge in [0.2, 0.25) is 0 Å². The molecule has 0 saturated heterocycles. The predicted molar refractivity (Wildman–Crippen MR) is 67.5 cm³/mol. The van der Waals surface area contributed by atoms with Gasteiger partial charge in [0.15, 0.2) is 0 Å². The molecule has 0 aliphatic heterocycles. The maximum Gasteiger partial charge on any atom is 0.419 e. The van der Waals surface area contributed by atoms with E-state index in [-0.39, 0.29) is 23.8 Å². The van der Waals surface area contributed by atoms with Crippen molar-refractivity contribution in [2.45, 2.75) is 51.3 Å². The van der Waals surface area contributed by atoms with Gasteiger partial charge in [0.05, 0.1) is 11.2 Å². The van der Waals surface area contributed by atoms with E-state index in [1.807, 2.05) is 13.8 Å². The van der Waals surface area contributed by atoms with Crippen LogP contribution in [-0.4, -0.2) is 5.11 Å². The molecule has 0 aromatic heterocycles. The van der Waals surface area contributed by atoms with E-state index in [4.69, 9.17) is 0 Å². The molecule has 112 valence electrons. The lowest BCUT2D eigenvalue weighted by molar-refractivity contribution is -0.140. The van der Waals surface area contributed by atoms with Gasteiger partial charge in [-0.3, -0.25) is 0 Å². The lowest BCUT2D eigenvalue weighted by Gasteiger charge is -2.40. The Morgan fingerprint density at radius 2 is 1.60 bits per heavy atom. The maximum absolute atomic E-state index is 14.1. The molecule has 0 bridgehead atoms. The Kier molecular flexibility index (Phi) is 3.61. The summed E-state index contributed by atoms with van der Waals surface area (Å²) in [5.74, 6) is -1.35. The van der Waals surface area contributed by atoms with Crippen LogP contribution in [0, 0.1) is 11.2 Å². The van der Waals surface area contributed by atoms with E-state index in [1.165, 1.54) is 6.07 Å². The summed E-state index contributed by atoms with van der Waals surface area (Å²) in [6.07, 6.45) is -2.89. The average molecular weight is 290 g/mol. The maximum atomic E-state index is 14.1. The molecule has 5 heteroatoms. The van der Waals surface area contributed by atoms with Gasteiger partial charge in [-0.25, -0.2) is 4.39 Å². The van der Waals surface area contributed by atoms with E-state index in [0.717, 1.165) is 6.07 Å². The number of halogens is 4. The minimum atomic E-state index is -4.75. The highest BCUT2D eigenvalue weighted by Crippen LogP contribution is 2.46. The molecule has 0 atom stereocenters. The summed E-state index contributed by atoms with van der Waals surface area (Å²) in [4.78, 5) is 0. The fourth-order valence-electron chi connectivity index (χ4n) is 2.72. The Balaban J connectivity index is 2.39. The first-order chi connectivity index (χ1) is 9.05. The van der Waals surface area contributed by atoms with Gasteiger partial charge in [-0.1, -0.05) is 26.0 Å². The first-order valence-corrected chi connectivity index (χ1v) is 6.64. The summed E-state index contributed by atoms with van der Waals surface area (Å²) in [7, 11) is 0. The van der Waals surface area contributed by atoms with Crippen molar-refractivity contribution in [1.82, 2.24) is 0 Å². The van der Waals surface area contributed by atoms with Gasteiger partial charge in [-0.15, -0.1) is 0 Å². The van der Waals surface area contributed by atoms with Crippen molar-refractivity contribution in [3.63, 3.8) is 0 Å². The molecule has 1 saturated carbocycles. The molecule has 1 nitrogen and oxygen atoms in total. The highest BCUT2D eigenvalue weighted by molar-refractivity contribution is 5.32. The molecule has 1 aromatic rings. The SMILES string of the molecule is CC1(C)CCC(O)(c2cccc(C(F)(F)F)c2F)CC1. The molecule has 0 unspecified atom stereocenters. The molecule has 0 amide bonds. The highest BCUT2D eigenvalue weighted by Gasteiger charge is 2.42. The Morgan fingerprint density at radius 1 is 1.05 bits per heavy atom. The molecule has 1 aromatic carbocycles. The summed E-state index contributed by atoms with van der Waals surface area (Å²) < 4.78 is 52.3. The molecule has 1 fully saturated rings. The number of benzene rings is 1. The minimum Gasteiger partial charge on any atom is -0.385 e. The van der Waals surface area contributed by atoms with Gasteiger partial charge in [-0.05, 0) is 37.2 Å². The first-order valence-electron chi connectivity index (χ1n) is 6.64. The lowest BCUT2D eigenvalue weighted by atomic mass is 9.68. The third-order valence-corrected chi connectivity index (χ3v) is 4.24. The van der Waals surface area contributed by atoms with Crippen LogP contribution in [0.1, 0.15) is 50.7 Å². The summed E-state index contributed by atoms with van der Waals surface area (Å²) in [5.41, 5.74) is -3.01. The molecule has 0 heterocycles. The van der Waals surface area contributed by atoms with E-state index in [0.29, 0.717) is 18.9 Å². The molecular weight excluding hydrogens is 272 g/mol. The zero-order chi connectivity index (χ0) is 15.2. The van der Waals surface area contributed by atoms with Gasteiger partial charge in [0.1, 0.15) is 5.82 Å². The normalized spacial score (nSPS) is 21.8. The van der Waals surface area contributed by atoms with E-state index < -0.39 is 23.2 Å². The van der Waals surface area contributed by atoms with Crippen molar-refractivity contribution in [2.24, 2.45) is 5.41 Å². The summed E-state index contributed by atoms with van der Waals surface area (Å²) in [5, 5.41) is 10.5. The summed E-state index contributed by atoms with van der Waals surface area (Å²) >= 11 is 0. The predicted octanol–water partition coefficient (Wildman–Crippen LogP) is 4.63. The smallest absolute Gasteiger partial charge is 0.385 e. The second-order valence-corrected chi connectivity index (χ2v) is 6.36. The zero-order valence-electron chi connectivity index (χ0n) is 11.5. The average Bonchev–Trinajstić information content (AvgIpc) is 2.32. The highest BCUT2D eigenvalue weighted by atomic mass is 19.4. The zero-order valence-corrected chi connectivity index (χ0v) is 11.5. The van der Waals surface area contributed by atoms with Crippen molar-refractivity contribution >= 4 is 0 Å². The van der Waals surface area contributed by atoms with E-state index >= 15 is 0 Å². The van der Waals surface area contributed by atoms with Gasteiger partial charge in [0.25, 0.3) is 0 Å². The van der Waals surface area contributed by atoms with Crippen LogP contribution >= 0.6 is 0 Å². The van der Waals surface area contributed by atoms with E-state index in [1.54, 1.807) is 0 Å². The Labute approximate surface area is 115 Å². The topological polar surface area (TPSA) is 20.2 Å². The molecule has 0 radical (unpaired) electrons. The first kappa shape index (κ1) is 15.3. The van der Waals surface area contributed by atoms with Crippen LogP contribution in [0.4, 0.5) is 17.6 Å². The Morgan fingerprint density at radius 3 is 2.10 bits per heavy atom. The lowest BCUT2D eigenvalue weighted by Crippen LogP contribution is -2.35. The monoisotopic (exact) mass is 290 g/mol. The van der Waals surface area contributed by atoms with E-state index in [2.05, 4.69) is 0 Å². The number of rotatable bonds is 1. The van der Waals surface area contributed by atoms with Crippen molar-refractivity contribution in [1.29, 1.82) is 0 Å². The summed E-state index contributed by atoms with van der Waals surface area (Å²) in [6, 6.07) is 3.11. The number of aliphatic hydroxyl groups is 1. The van der Waals surface area contributed by atoms with Crippen LogP contribution < -0.4 is 0 Å². The Bertz CT molecular complexity index is 495. The third kappa shape index (κ3) is 2.82. The van der Waals surface area contributed by atoms with Gasteiger partial charge >= 0.3 is 6.18 Å². The standard InChI is InChI=1S/C15H18F4O/c1-13(2)6-8-14(20,9-7-13)10-4-3-5-11(12(10)16)15(17,18)19/h3-5,20H,6-9H2,1-2H3. The minimum absolute atomic E-state index is 0.0321. The van der Waals surface area contributed by atoms with Crippen molar-refractivity contribution in [2.75, 3.05) is 0 Å². The second-order valence-electron chi connectivity index (χ2n) is 6.36. The fourth-order valence-corrected chi connectivity index (χ4v) is 2.72. The molecule has 1 aliphatic rings. The van der Waals surface area contributed by atoms with Crippen molar-refractivity contribution < 1.29 is 22.7 Å². The van der Waals surface area contributed by atoms with Crippen molar-refractivity contribution in [3.8, 4) is 0 Å². The summed E-state index contributed by atoms with van der Waals surface area (Å²) in [6.45, 7) is 4.07. The fraction of sp³-hybridized carbons (Fsp3) is 0.600. The number of hydrogen-bond donors (Lipinski definition) is 1. The van der Waals surface area contributed by atoms with Crippen molar-refractivity contribution in [3.05, 3.63) is 35.1 Å². The van der Waals surface area contributed by atoms with Crippen LogP contribution in [0.25, 0.3) is 0 Å². The second kappa shape index (κ2) is 4.72. The van der Waals surface area contributed by atoms with Crippen LogP contribution in [0.15, 0.2) is 18.2 Å². The van der Waals surface area contributed by atoms with Crippen LogP contribution in [0.2, 0.25) is 0 Å². The third-order valence-electron chi connectivity index (χ3n) is 4.24. The quantitative estimate of drug-likeness (QED) is 0.747. The van der Waals surface area contributed by atoms with E-state index in [9.17, 15) is 22.7 Å².